The maximum atomic E-state index is 13.6. The zero-order valence-electron chi connectivity index (χ0n) is 44.1. The molecule has 16 nitrogen and oxygen atoms in total. The molecule has 0 spiro atoms. The number of ketones is 1. The molecule has 4 heterocycles. The monoisotopic (exact) mass is 986 g/mol. The molecule has 3 aliphatic heterocycles. The van der Waals surface area contributed by atoms with E-state index in [2.05, 4.69) is 22.1 Å². The molecule has 1 aliphatic carbocycles. The van der Waals surface area contributed by atoms with Crippen molar-refractivity contribution in [2.45, 2.75) is 211 Å². The summed E-state index contributed by atoms with van der Waals surface area (Å²) in [5, 5.41) is 80.5. The second-order valence-electron chi connectivity index (χ2n) is 21.8. The minimum atomic E-state index is -2.02. The molecule has 16 heteroatoms. The van der Waals surface area contributed by atoms with Crippen LogP contribution in [0.2, 0.25) is 0 Å². The fourth-order valence-corrected chi connectivity index (χ4v) is 11.3. The molecular formula is C54H91N5O11. The van der Waals surface area contributed by atoms with Gasteiger partial charge in [-0.25, -0.2) is 4.68 Å². The van der Waals surface area contributed by atoms with E-state index in [-0.39, 0.29) is 48.2 Å². The number of nitrogens with zero attached hydrogens (tertiary/aromatic N) is 5. The van der Waals surface area contributed by atoms with Gasteiger partial charge in [0.1, 0.15) is 24.5 Å². The first-order valence-corrected chi connectivity index (χ1v) is 26.3. The highest BCUT2D eigenvalue weighted by molar-refractivity contribution is 5.86. The number of piperidine rings is 1. The standard InChI is InChI=1S/C54H91N5O11/c1-34-18-14-12-11-13-15-19-35(2)48(61)50(68-10)49(62)38(5)28-36(3)45(60)31-46(37(4)29-40-23-26-43(47(30-40)67-9)59-33-41(55-56-59)32-57(7)8)69-53(65)44-20-16-17-27-58(44)52(64)51(63)54(66)39(6)22-25-42(70-54)24-21-34/h11-14,18,28,33,35-37,39-40,42-47,49-53,60,62-66H,15-17,19-27,29-32H2,1-10H3/b13-11+,14-12+,34-18+,38-28+/t35-,36-,37-,39-,40+,42-,43+,44?,45-,46+,47-,49-,50+,51+,52+,53+,54-/m1/s1. The average Bonchev–Trinajstić information content (AvgIpc) is 3.80. The fourth-order valence-electron chi connectivity index (χ4n) is 11.3. The van der Waals surface area contributed by atoms with Gasteiger partial charge in [0.25, 0.3) is 0 Å². The van der Waals surface area contributed by atoms with Crippen molar-refractivity contribution in [3.63, 3.8) is 0 Å². The minimum Gasteiger partial charge on any atom is -0.392 e. The van der Waals surface area contributed by atoms with Gasteiger partial charge < -0.3 is 54.5 Å². The molecule has 1 saturated carbocycles. The van der Waals surface area contributed by atoms with Gasteiger partial charge in [-0.2, -0.15) is 0 Å². The maximum absolute atomic E-state index is 13.6. The topological polar surface area (TPSA) is 213 Å². The van der Waals surface area contributed by atoms with Gasteiger partial charge >= 0.3 is 0 Å². The van der Waals surface area contributed by atoms with Crippen molar-refractivity contribution in [3.05, 3.63) is 59.5 Å². The zero-order valence-corrected chi connectivity index (χ0v) is 44.1. The molecule has 0 aromatic carbocycles. The third-order valence-corrected chi connectivity index (χ3v) is 15.9. The number of hydrogen-bond acceptors (Lipinski definition) is 15. The van der Waals surface area contributed by atoms with E-state index >= 15 is 0 Å². The second-order valence-corrected chi connectivity index (χ2v) is 21.8. The summed E-state index contributed by atoms with van der Waals surface area (Å²) in [5.74, 6) is -3.44. The summed E-state index contributed by atoms with van der Waals surface area (Å²) >= 11 is 0. The Morgan fingerprint density at radius 2 is 1.67 bits per heavy atom. The maximum Gasteiger partial charge on any atom is 0.198 e. The van der Waals surface area contributed by atoms with Crippen LogP contribution in [0.5, 0.6) is 0 Å². The van der Waals surface area contributed by atoms with Gasteiger partial charge in [0.15, 0.2) is 17.9 Å². The first-order valence-electron chi connectivity index (χ1n) is 26.3. The summed E-state index contributed by atoms with van der Waals surface area (Å²) in [6.07, 6.45) is 13.8. The van der Waals surface area contributed by atoms with Gasteiger partial charge in [-0.15, -0.1) is 5.10 Å². The van der Waals surface area contributed by atoms with Crippen molar-refractivity contribution in [3.8, 4) is 0 Å². The van der Waals surface area contributed by atoms with E-state index in [1.807, 2.05) is 83.0 Å². The van der Waals surface area contributed by atoms with Crippen LogP contribution in [0.25, 0.3) is 0 Å². The lowest BCUT2D eigenvalue weighted by Gasteiger charge is -2.49. The normalized spacial score (nSPS) is 40.9. The highest BCUT2D eigenvalue weighted by Gasteiger charge is 2.52. The van der Waals surface area contributed by atoms with Gasteiger partial charge in [-0.05, 0) is 122 Å². The predicted octanol–water partition coefficient (Wildman–Crippen LogP) is 6.01. The predicted molar refractivity (Wildman–Crippen MR) is 269 cm³/mol. The van der Waals surface area contributed by atoms with Gasteiger partial charge in [-0.1, -0.05) is 81.4 Å². The largest absolute Gasteiger partial charge is 0.392 e. The molecule has 1 aromatic heterocycles. The van der Waals surface area contributed by atoms with E-state index in [9.17, 15) is 35.4 Å². The summed E-state index contributed by atoms with van der Waals surface area (Å²) in [6.45, 7) is 12.4. The van der Waals surface area contributed by atoms with E-state index in [4.69, 9.17) is 18.9 Å². The number of aliphatic hydroxyl groups excluding tert-OH is 5. The molecule has 398 valence electrons. The number of carbonyl (C=O) groups is 1. The number of carbonyl (C=O) groups excluding carboxylic acids is 1. The van der Waals surface area contributed by atoms with Gasteiger partial charge in [0.05, 0.1) is 48.4 Å². The van der Waals surface area contributed by atoms with E-state index < -0.39 is 66.7 Å². The molecule has 70 heavy (non-hydrogen) atoms. The SMILES string of the molecule is CO[C@@H]1C[C@H](C[C@@H](C)[C@@H]2C[C@@H](O)[C@H](C)/C=C(\C)[C@@H](O)[C@@H](OC)C(=O)[C@H](C)CC/C=C/C=C/C=C(\C)CC[C@@H]3CC[C@@H](C)[C@@](O)(O3)[C@@H](O)[C@H](O)N3CCCCC3[C@@H](O)O2)CC[C@@H]1n1cc(CN(C)C)nn1. The molecule has 0 amide bonds. The molecule has 2 saturated heterocycles. The highest BCUT2D eigenvalue weighted by atomic mass is 16.6. The Balaban J connectivity index is 1.42. The summed E-state index contributed by atoms with van der Waals surface area (Å²) in [5.41, 5.74) is 2.51. The molecule has 6 N–H and O–H groups in total. The number of allylic oxidation sites excluding steroid dienone is 6. The molecule has 2 bridgehead atoms. The number of Topliss-reactive ketones (excluding diaryl/α,β-unsaturated/α-hetero) is 1. The summed E-state index contributed by atoms with van der Waals surface area (Å²) in [7, 11) is 7.16. The Kier molecular flexibility index (Phi) is 22.9. The summed E-state index contributed by atoms with van der Waals surface area (Å²) in [6, 6.07) is -0.701. The number of hydrogen-bond donors (Lipinski definition) is 6. The molecule has 1 unspecified atom stereocenters. The van der Waals surface area contributed by atoms with Gasteiger partial charge in [0.2, 0.25) is 0 Å². The van der Waals surface area contributed by atoms with Gasteiger partial charge in [-0.3, -0.25) is 9.69 Å². The van der Waals surface area contributed by atoms with Crippen molar-refractivity contribution < 1.29 is 54.4 Å². The van der Waals surface area contributed by atoms with Crippen molar-refractivity contribution in [2.75, 3.05) is 34.9 Å². The molecule has 1 aromatic rings. The van der Waals surface area contributed by atoms with Crippen LogP contribution in [0.4, 0.5) is 0 Å². The Morgan fingerprint density at radius 1 is 0.914 bits per heavy atom. The number of rotatable bonds is 8. The average molecular weight is 986 g/mol. The minimum absolute atomic E-state index is 0.0312. The van der Waals surface area contributed by atoms with Crippen LogP contribution in [-0.2, 0) is 30.3 Å². The summed E-state index contributed by atoms with van der Waals surface area (Å²) in [4.78, 5) is 17.3. The first kappa shape index (κ1) is 58.2. The lowest BCUT2D eigenvalue weighted by molar-refractivity contribution is -0.346. The van der Waals surface area contributed by atoms with Crippen molar-refractivity contribution in [2.24, 2.45) is 29.6 Å². The highest BCUT2D eigenvalue weighted by Crippen LogP contribution is 2.41. The van der Waals surface area contributed by atoms with E-state index in [1.54, 1.807) is 25.0 Å². The molecule has 3 fully saturated rings. The van der Waals surface area contributed by atoms with Crippen LogP contribution in [0.1, 0.15) is 143 Å². The molecule has 5 rings (SSSR count). The van der Waals surface area contributed by atoms with Crippen LogP contribution in [0.3, 0.4) is 0 Å². The molecule has 0 radical (unpaired) electrons. The molecule has 17 atom stereocenters. The Hall–Kier alpha value is -2.71. The quantitative estimate of drug-likeness (QED) is 0.165. The zero-order chi connectivity index (χ0) is 51.3. The van der Waals surface area contributed by atoms with Crippen LogP contribution < -0.4 is 0 Å². The lowest BCUT2D eigenvalue weighted by atomic mass is 9.77. The van der Waals surface area contributed by atoms with Crippen LogP contribution in [0.15, 0.2) is 53.8 Å². The van der Waals surface area contributed by atoms with Crippen molar-refractivity contribution >= 4 is 5.78 Å². The van der Waals surface area contributed by atoms with E-state index in [1.165, 1.54) is 7.11 Å². The lowest BCUT2D eigenvalue weighted by Crippen LogP contribution is -2.65. The summed E-state index contributed by atoms with van der Waals surface area (Å²) < 4.78 is 26.7. The molecular weight excluding hydrogens is 895 g/mol. The third kappa shape index (κ3) is 15.7. The number of methoxy groups -OCH3 is 2. The van der Waals surface area contributed by atoms with Crippen molar-refractivity contribution in [1.29, 1.82) is 0 Å². The fraction of sp³-hybridized carbons (Fsp3) is 0.796. The van der Waals surface area contributed by atoms with Crippen LogP contribution >= 0.6 is 0 Å². The molecule has 4 aliphatic rings. The smallest absolute Gasteiger partial charge is 0.198 e. The van der Waals surface area contributed by atoms with Crippen LogP contribution in [0, 0.1) is 29.6 Å². The van der Waals surface area contributed by atoms with E-state index in [0.717, 1.165) is 43.4 Å². The second kappa shape index (κ2) is 27.5. The third-order valence-electron chi connectivity index (χ3n) is 15.9. The van der Waals surface area contributed by atoms with Crippen molar-refractivity contribution in [1.82, 2.24) is 24.8 Å². The van der Waals surface area contributed by atoms with Gasteiger partial charge in [0, 0.05) is 51.5 Å². The Labute approximate surface area is 418 Å². The Bertz CT molecular complexity index is 1870. The number of aliphatic hydroxyl groups is 6. The number of aromatic nitrogens is 3. The van der Waals surface area contributed by atoms with E-state index in [0.29, 0.717) is 70.0 Å². The first-order chi connectivity index (χ1) is 33.3. The Morgan fingerprint density at radius 3 is 2.39 bits per heavy atom. The van der Waals surface area contributed by atoms with Crippen LogP contribution in [-0.4, -0.2) is 163 Å². The number of ether oxygens (including phenoxy) is 4. The number of fused-ring (bicyclic) bond motifs is 3.